The van der Waals surface area contributed by atoms with Crippen molar-refractivity contribution in [3.05, 3.63) is 16.7 Å². The van der Waals surface area contributed by atoms with E-state index < -0.39 is 11.4 Å². The fraction of sp³-hybridized carbons (Fsp3) is 0.500. The molecule has 0 atom stereocenters. The van der Waals surface area contributed by atoms with Crippen LogP contribution in [0.15, 0.2) is 6.07 Å². The largest absolute Gasteiger partial charge is 0.495 e. The van der Waals surface area contributed by atoms with Crippen LogP contribution < -0.4 is 14.2 Å². The number of hydrogen-bond acceptors (Lipinski definition) is 4. The molecule has 0 aromatic heterocycles. The lowest BCUT2D eigenvalue weighted by molar-refractivity contribution is -0.147. The molecule has 0 spiro atoms. The third kappa shape index (κ3) is 1.73. The number of rotatable bonds is 3. The highest BCUT2D eigenvalue weighted by Gasteiger charge is 2.49. The number of hydrogen-bond donors (Lipinski definition) is 1. The average Bonchev–Trinajstić information content (AvgIpc) is 2.37. The molecule has 0 amide bonds. The van der Waals surface area contributed by atoms with Crippen molar-refractivity contribution in [3.63, 3.8) is 0 Å². The second-order valence-electron chi connectivity index (χ2n) is 5.04. The highest BCUT2D eigenvalue weighted by molar-refractivity contribution is 6.34. The van der Waals surface area contributed by atoms with Crippen molar-refractivity contribution < 1.29 is 24.1 Å². The summed E-state index contributed by atoms with van der Waals surface area (Å²) in [4.78, 5) is 11.7. The lowest BCUT2D eigenvalue weighted by atomic mass is 9.64. The van der Waals surface area contributed by atoms with Gasteiger partial charge < -0.3 is 19.3 Å². The molecule has 1 N–H and O–H groups in total. The summed E-state index contributed by atoms with van der Waals surface area (Å²) in [5, 5.41) is 9.87. The fourth-order valence-corrected chi connectivity index (χ4v) is 3.14. The van der Waals surface area contributed by atoms with Crippen molar-refractivity contribution in [1.82, 2.24) is 0 Å². The molecule has 1 fully saturated rings. The van der Waals surface area contributed by atoms with Crippen molar-refractivity contribution in [2.24, 2.45) is 0 Å². The van der Waals surface area contributed by atoms with E-state index in [4.69, 9.17) is 25.8 Å². The Morgan fingerprint density at radius 3 is 2.65 bits per heavy atom. The van der Waals surface area contributed by atoms with Crippen LogP contribution in [0.2, 0.25) is 5.02 Å². The van der Waals surface area contributed by atoms with Gasteiger partial charge in [-0.05, 0) is 18.9 Å². The van der Waals surface area contributed by atoms with Crippen LogP contribution in [0.5, 0.6) is 17.2 Å². The van der Waals surface area contributed by atoms with Gasteiger partial charge in [0.05, 0.1) is 12.5 Å². The first-order valence-electron chi connectivity index (χ1n) is 6.50. The SMILES string of the molecule is COc1c(C2(C(=O)O)CCC2)cc2c(c1Cl)OCCO2. The van der Waals surface area contributed by atoms with Crippen LogP contribution in [0.1, 0.15) is 24.8 Å². The molecular formula is C14H15ClO5. The first-order chi connectivity index (χ1) is 9.60. The number of benzene rings is 1. The summed E-state index contributed by atoms with van der Waals surface area (Å²) in [6.45, 7) is 0.842. The third-order valence-electron chi connectivity index (χ3n) is 4.07. The van der Waals surface area contributed by atoms with E-state index in [0.717, 1.165) is 6.42 Å². The van der Waals surface area contributed by atoms with E-state index >= 15 is 0 Å². The zero-order valence-corrected chi connectivity index (χ0v) is 11.8. The number of ether oxygens (including phenoxy) is 3. The van der Waals surface area contributed by atoms with Crippen LogP contribution in [0.25, 0.3) is 0 Å². The van der Waals surface area contributed by atoms with E-state index in [1.54, 1.807) is 6.07 Å². The lowest BCUT2D eigenvalue weighted by Gasteiger charge is -2.39. The monoisotopic (exact) mass is 298 g/mol. The van der Waals surface area contributed by atoms with Gasteiger partial charge in [-0.1, -0.05) is 18.0 Å². The zero-order chi connectivity index (χ0) is 14.3. The van der Waals surface area contributed by atoms with Crippen LogP contribution in [-0.2, 0) is 10.2 Å². The molecule has 108 valence electrons. The normalized spacial score (nSPS) is 19.1. The molecule has 0 unspecified atom stereocenters. The summed E-state index contributed by atoms with van der Waals surface area (Å²) < 4.78 is 16.4. The molecule has 5 nitrogen and oxygen atoms in total. The Bertz CT molecular complexity index is 565. The van der Waals surface area contributed by atoms with E-state index in [0.29, 0.717) is 48.9 Å². The maximum atomic E-state index is 11.7. The number of halogens is 1. The second-order valence-corrected chi connectivity index (χ2v) is 5.41. The molecule has 0 bridgehead atoms. The van der Waals surface area contributed by atoms with Crippen molar-refractivity contribution in [2.75, 3.05) is 20.3 Å². The maximum absolute atomic E-state index is 11.7. The minimum absolute atomic E-state index is 0.284. The number of aliphatic carboxylic acids is 1. The van der Waals surface area contributed by atoms with Gasteiger partial charge >= 0.3 is 5.97 Å². The Morgan fingerprint density at radius 1 is 1.40 bits per heavy atom. The second kappa shape index (κ2) is 4.74. The van der Waals surface area contributed by atoms with Crippen molar-refractivity contribution in [2.45, 2.75) is 24.7 Å². The molecule has 1 saturated carbocycles. The first kappa shape index (κ1) is 13.4. The van der Waals surface area contributed by atoms with E-state index in [1.807, 2.05) is 0 Å². The summed E-state index contributed by atoms with van der Waals surface area (Å²) in [5.74, 6) is 0.441. The number of carboxylic acid groups (broad SMARTS) is 1. The predicted molar refractivity (Wildman–Crippen MR) is 72.2 cm³/mol. The number of carbonyl (C=O) groups is 1. The quantitative estimate of drug-likeness (QED) is 0.929. The molecule has 20 heavy (non-hydrogen) atoms. The Labute approximate surface area is 121 Å². The summed E-state index contributed by atoms with van der Waals surface area (Å²) in [7, 11) is 1.48. The van der Waals surface area contributed by atoms with E-state index in [1.165, 1.54) is 7.11 Å². The average molecular weight is 299 g/mol. The van der Waals surface area contributed by atoms with Gasteiger partial charge in [0, 0.05) is 5.56 Å². The highest BCUT2D eigenvalue weighted by Crippen LogP contribution is 2.54. The topological polar surface area (TPSA) is 65.0 Å². The minimum Gasteiger partial charge on any atom is -0.495 e. The van der Waals surface area contributed by atoms with Crippen molar-refractivity contribution in [3.8, 4) is 17.2 Å². The van der Waals surface area contributed by atoms with Gasteiger partial charge in [-0.25, -0.2) is 0 Å². The van der Waals surface area contributed by atoms with Crippen LogP contribution in [-0.4, -0.2) is 31.4 Å². The Kier molecular flexibility index (Phi) is 3.17. The Balaban J connectivity index is 2.20. The molecule has 1 aliphatic heterocycles. The molecule has 0 radical (unpaired) electrons. The van der Waals surface area contributed by atoms with Gasteiger partial charge in [0.25, 0.3) is 0 Å². The fourth-order valence-electron chi connectivity index (χ4n) is 2.81. The highest BCUT2D eigenvalue weighted by atomic mass is 35.5. The van der Waals surface area contributed by atoms with Crippen LogP contribution in [0.3, 0.4) is 0 Å². The molecule has 1 aromatic carbocycles. The first-order valence-corrected chi connectivity index (χ1v) is 6.88. The summed E-state index contributed by atoms with van der Waals surface area (Å²) >= 11 is 6.30. The molecule has 2 aliphatic rings. The van der Waals surface area contributed by atoms with Crippen LogP contribution in [0.4, 0.5) is 0 Å². The lowest BCUT2D eigenvalue weighted by Crippen LogP contribution is -2.42. The maximum Gasteiger partial charge on any atom is 0.314 e. The van der Waals surface area contributed by atoms with Gasteiger partial charge in [0.1, 0.15) is 24.0 Å². The number of carboxylic acids is 1. The van der Waals surface area contributed by atoms with E-state index in [-0.39, 0.29) is 5.02 Å². The molecule has 1 aliphatic carbocycles. The van der Waals surface area contributed by atoms with Crippen molar-refractivity contribution >= 4 is 17.6 Å². The Morgan fingerprint density at radius 2 is 2.10 bits per heavy atom. The van der Waals surface area contributed by atoms with Gasteiger partial charge in [-0.3, -0.25) is 4.79 Å². The van der Waals surface area contributed by atoms with E-state index in [2.05, 4.69) is 0 Å². The minimum atomic E-state index is -0.926. The summed E-state index contributed by atoms with van der Waals surface area (Å²) in [6.07, 6.45) is 2.03. The number of methoxy groups -OCH3 is 1. The molecule has 6 heteroatoms. The molecule has 3 rings (SSSR count). The van der Waals surface area contributed by atoms with Crippen LogP contribution in [0, 0.1) is 0 Å². The molecule has 1 heterocycles. The van der Waals surface area contributed by atoms with Gasteiger partial charge in [-0.2, -0.15) is 0 Å². The third-order valence-corrected chi connectivity index (χ3v) is 4.41. The standard InChI is InChI=1S/C14H15ClO5/c1-18-11-8(14(13(16)17)3-2-4-14)7-9-12(10(11)15)20-6-5-19-9/h7H,2-6H2,1H3,(H,16,17). The smallest absolute Gasteiger partial charge is 0.314 e. The summed E-state index contributed by atoms with van der Waals surface area (Å²) in [6, 6.07) is 1.70. The van der Waals surface area contributed by atoms with Gasteiger partial charge in [-0.15, -0.1) is 0 Å². The van der Waals surface area contributed by atoms with Crippen LogP contribution >= 0.6 is 11.6 Å². The van der Waals surface area contributed by atoms with E-state index in [9.17, 15) is 9.90 Å². The predicted octanol–water partition coefficient (Wildman–Crippen LogP) is 2.63. The number of fused-ring (bicyclic) bond motifs is 1. The van der Waals surface area contributed by atoms with Gasteiger partial charge in [0.2, 0.25) is 0 Å². The zero-order valence-electron chi connectivity index (χ0n) is 11.1. The molecular weight excluding hydrogens is 284 g/mol. The molecule has 0 saturated heterocycles. The van der Waals surface area contributed by atoms with Crippen molar-refractivity contribution in [1.29, 1.82) is 0 Å². The molecule has 1 aromatic rings. The summed E-state index contributed by atoms with van der Waals surface area (Å²) in [5.41, 5.74) is -0.349. The van der Waals surface area contributed by atoms with Gasteiger partial charge in [0.15, 0.2) is 11.5 Å². The Hall–Kier alpha value is -1.62.